The molecular weight excluding hydrogens is 374 g/mol. The molecule has 1 aromatic heterocycles. The summed E-state index contributed by atoms with van der Waals surface area (Å²) >= 11 is 3.46. The Labute approximate surface area is 154 Å². The van der Waals surface area contributed by atoms with Crippen molar-refractivity contribution in [2.24, 2.45) is 0 Å². The lowest BCUT2D eigenvalue weighted by Crippen LogP contribution is -1.82. The van der Waals surface area contributed by atoms with Gasteiger partial charge in [-0.3, -0.25) is 0 Å². The third kappa shape index (κ3) is 3.24. The van der Waals surface area contributed by atoms with Crippen molar-refractivity contribution in [3.63, 3.8) is 0 Å². The van der Waals surface area contributed by atoms with Gasteiger partial charge in [-0.25, -0.2) is 0 Å². The largest absolute Gasteiger partial charge is 0.456 e. The number of halogens is 1. The van der Waals surface area contributed by atoms with Crippen LogP contribution in [-0.4, -0.2) is 0 Å². The summed E-state index contributed by atoms with van der Waals surface area (Å²) in [5, 5.41) is 4.77. The Hall–Kier alpha value is -2.78. The summed E-state index contributed by atoms with van der Waals surface area (Å²) in [6.45, 7) is 0. The second-order valence-electron chi connectivity index (χ2n) is 5.85. The number of furan rings is 1. The molecule has 0 radical (unpaired) electrons. The van der Waals surface area contributed by atoms with Gasteiger partial charge in [-0.1, -0.05) is 64.5 Å². The highest BCUT2D eigenvalue weighted by atomic mass is 79.9. The molecule has 5 aromatic rings. The van der Waals surface area contributed by atoms with Crippen LogP contribution < -0.4 is 5.73 Å². The van der Waals surface area contributed by atoms with E-state index in [1.807, 2.05) is 60.7 Å². The van der Waals surface area contributed by atoms with Crippen LogP contribution >= 0.6 is 15.9 Å². The summed E-state index contributed by atoms with van der Waals surface area (Å²) in [7, 11) is 0. The molecule has 1 heterocycles. The van der Waals surface area contributed by atoms with Gasteiger partial charge in [0.2, 0.25) is 0 Å². The molecule has 0 aliphatic rings. The van der Waals surface area contributed by atoms with E-state index < -0.39 is 0 Å². The molecule has 2 nitrogen and oxygen atoms in total. The first-order chi connectivity index (χ1) is 12.2. The van der Waals surface area contributed by atoms with Crippen LogP contribution in [0.2, 0.25) is 0 Å². The fourth-order valence-corrected chi connectivity index (χ4v) is 3.27. The van der Waals surface area contributed by atoms with E-state index in [2.05, 4.69) is 40.2 Å². The molecule has 0 saturated heterocycles. The Bertz CT molecular complexity index is 1180. The van der Waals surface area contributed by atoms with Crippen molar-refractivity contribution in [1.29, 1.82) is 0 Å². The van der Waals surface area contributed by atoms with E-state index in [1.165, 1.54) is 16.2 Å². The lowest BCUT2D eigenvalue weighted by molar-refractivity contribution is 0.669. The van der Waals surface area contributed by atoms with Gasteiger partial charge in [0, 0.05) is 20.9 Å². The fourth-order valence-electron chi connectivity index (χ4n) is 2.91. The monoisotopic (exact) mass is 389 g/mol. The summed E-state index contributed by atoms with van der Waals surface area (Å²) in [4.78, 5) is 0. The van der Waals surface area contributed by atoms with E-state index in [-0.39, 0.29) is 0 Å². The second-order valence-corrected chi connectivity index (χ2v) is 6.76. The molecule has 0 atom stereocenters. The molecule has 0 amide bonds. The Kier molecular flexibility index (Phi) is 4.16. The highest BCUT2D eigenvalue weighted by Crippen LogP contribution is 2.30. The number of nitrogen functional groups attached to an aromatic ring is 1. The Balaban J connectivity index is 0.000000129. The molecule has 3 heteroatoms. The number of para-hydroxylation sites is 1. The molecule has 0 bridgehead atoms. The van der Waals surface area contributed by atoms with E-state index in [0.717, 1.165) is 26.7 Å². The first kappa shape index (κ1) is 15.7. The van der Waals surface area contributed by atoms with Gasteiger partial charge in [-0.05, 0) is 47.2 Å². The van der Waals surface area contributed by atoms with Crippen LogP contribution in [0.4, 0.5) is 5.69 Å². The zero-order chi connectivity index (χ0) is 17.2. The summed E-state index contributed by atoms with van der Waals surface area (Å²) in [5.74, 6) is 0. The van der Waals surface area contributed by atoms with E-state index in [0.29, 0.717) is 0 Å². The standard InChI is InChI=1S/C12H7BrO.C10H9N/c13-8-5-6-12-10(7-8)9-3-1-2-4-11(9)14-12;11-10-6-5-8-3-1-2-4-9(8)7-10/h1-7H;1-7H,11H2. The minimum atomic E-state index is 0.823. The molecule has 2 N–H and O–H groups in total. The van der Waals surface area contributed by atoms with Crippen LogP contribution in [0.15, 0.2) is 93.8 Å². The van der Waals surface area contributed by atoms with Gasteiger partial charge in [-0.15, -0.1) is 0 Å². The molecule has 5 rings (SSSR count). The van der Waals surface area contributed by atoms with E-state index >= 15 is 0 Å². The average molecular weight is 390 g/mol. The number of hydrogen-bond acceptors (Lipinski definition) is 2. The van der Waals surface area contributed by atoms with E-state index in [9.17, 15) is 0 Å². The third-order valence-corrected chi connectivity index (χ3v) is 4.61. The van der Waals surface area contributed by atoms with Crippen LogP contribution in [0.3, 0.4) is 0 Å². The van der Waals surface area contributed by atoms with Gasteiger partial charge in [0.1, 0.15) is 11.2 Å². The summed E-state index contributed by atoms with van der Waals surface area (Å²) < 4.78 is 6.77. The molecule has 0 unspecified atom stereocenters. The zero-order valence-electron chi connectivity index (χ0n) is 13.4. The maximum atomic E-state index is 5.69. The van der Waals surface area contributed by atoms with E-state index in [4.69, 9.17) is 10.2 Å². The summed E-state index contributed by atoms with van der Waals surface area (Å²) in [5.41, 5.74) is 8.33. The zero-order valence-corrected chi connectivity index (χ0v) is 15.0. The van der Waals surface area contributed by atoms with Crippen LogP contribution in [0, 0.1) is 0 Å². The number of nitrogens with two attached hydrogens (primary N) is 1. The Morgan fingerprint density at radius 1 is 0.640 bits per heavy atom. The SMILES string of the molecule is Brc1ccc2oc3ccccc3c2c1.Nc1ccc2ccccc2c1. The molecule has 25 heavy (non-hydrogen) atoms. The quantitative estimate of drug-likeness (QED) is 0.296. The van der Waals surface area contributed by atoms with Crippen molar-refractivity contribution in [3.8, 4) is 0 Å². The summed E-state index contributed by atoms with van der Waals surface area (Å²) in [6.07, 6.45) is 0. The maximum Gasteiger partial charge on any atom is 0.135 e. The first-order valence-electron chi connectivity index (χ1n) is 8.02. The Morgan fingerprint density at radius 2 is 1.36 bits per heavy atom. The topological polar surface area (TPSA) is 39.2 Å². The lowest BCUT2D eigenvalue weighted by atomic mass is 10.1. The van der Waals surface area contributed by atoms with Gasteiger partial charge >= 0.3 is 0 Å². The van der Waals surface area contributed by atoms with Crippen LogP contribution in [0.5, 0.6) is 0 Å². The highest BCUT2D eigenvalue weighted by molar-refractivity contribution is 9.10. The average Bonchev–Trinajstić information content (AvgIpc) is 3.00. The molecule has 0 aliphatic heterocycles. The van der Waals surface area contributed by atoms with Crippen molar-refractivity contribution >= 4 is 54.3 Å². The number of hydrogen-bond donors (Lipinski definition) is 1. The van der Waals surface area contributed by atoms with Crippen LogP contribution in [-0.2, 0) is 0 Å². The fraction of sp³-hybridized carbons (Fsp3) is 0. The van der Waals surface area contributed by atoms with Crippen molar-refractivity contribution < 1.29 is 4.42 Å². The second kappa shape index (κ2) is 6.61. The molecule has 0 aliphatic carbocycles. The molecule has 122 valence electrons. The van der Waals surface area contributed by atoms with Crippen molar-refractivity contribution in [1.82, 2.24) is 0 Å². The molecule has 4 aromatic carbocycles. The number of benzene rings is 4. The van der Waals surface area contributed by atoms with Gasteiger partial charge in [0.15, 0.2) is 0 Å². The normalized spacial score (nSPS) is 10.8. The predicted octanol–water partition coefficient (Wildman–Crippen LogP) is 6.77. The van der Waals surface area contributed by atoms with Crippen molar-refractivity contribution in [2.45, 2.75) is 0 Å². The Morgan fingerprint density at radius 3 is 2.24 bits per heavy atom. The van der Waals surface area contributed by atoms with Gasteiger partial charge in [0.05, 0.1) is 0 Å². The smallest absolute Gasteiger partial charge is 0.135 e. The molecule has 0 saturated carbocycles. The first-order valence-corrected chi connectivity index (χ1v) is 8.81. The van der Waals surface area contributed by atoms with Crippen LogP contribution in [0.1, 0.15) is 0 Å². The minimum Gasteiger partial charge on any atom is -0.456 e. The van der Waals surface area contributed by atoms with E-state index in [1.54, 1.807) is 0 Å². The maximum absolute atomic E-state index is 5.69. The molecule has 0 spiro atoms. The minimum absolute atomic E-state index is 0.823. The van der Waals surface area contributed by atoms with Gasteiger partial charge in [0.25, 0.3) is 0 Å². The highest BCUT2D eigenvalue weighted by Gasteiger charge is 2.05. The van der Waals surface area contributed by atoms with Crippen LogP contribution in [0.25, 0.3) is 32.7 Å². The number of rotatable bonds is 0. The van der Waals surface area contributed by atoms with Gasteiger partial charge in [-0.2, -0.15) is 0 Å². The predicted molar refractivity (Wildman–Crippen MR) is 110 cm³/mol. The van der Waals surface area contributed by atoms with Gasteiger partial charge < -0.3 is 10.2 Å². The molecule has 0 fully saturated rings. The van der Waals surface area contributed by atoms with Crippen molar-refractivity contribution in [2.75, 3.05) is 5.73 Å². The molecular formula is C22H16BrNO. The third-order valence-electron chi connectivity index (χ3n) is 4.11. The summed E-state index contributed by atoms with van der Waals surface area (Å²) in [6, 6.07) is 28.3. The number of anilines is 1. The lowest BCUT2D eigenvalue weighted by Gasteiger charge is -1.96. The van der Waals surface area contributed by atoms with Crippen molar-refractivity contribution in [3.05, 3.63) is 89.4 Å². The number of fused-ring (bicyclic) bond motifs is 4.